The van der Waals surface area contributed by atoms with Gasteiger partial charge < -0.3 is 28.0 Å². The third-order valence-corrected chi connectivity index (χ3v) is 11.0. The number of rotatable bonds is 16. The second-order valence-electron chi connectivity index (χ2n) is 13.2. The summed E-state index contributed by atoms with van der Waals surface area (Å²) in [6, 6.07) is 28.0. The SMILES string of the molecule is COc1ccc(Cc2ccccc2)cc1.COc1ccc(OC[C@H]2O[C@@H](n3c4ncncc4n3C)[C@H](F)[C@@H]2OP(OCCC#N)N(C(C)C)C(C)C)cc1. The molecule has 1 saturated heterocycles. The highest BCUT2D eigenvalue weighted by atomic mass is 31.2. The number of aromatic nitrogens is 4. The second kappa shape index (κ2) is 19.7. The molecule has 1 unspecified atom stereocenters. The van der Waals surface area contributed by atoms with E-state index in [0.29, 0.717) is 17.1 Å². The van der Waals surface area contributed by atoms with Crippen molar-refractivity contribution < 1.29 is 32.4 Å². The van der Waals surface area contributed by atoms with Crippen LogP contribution >= 0.6 is 8.53 Å². The predicted molar refractivity (Wildman–Crippen MR) is 206 cm³/mol. The van der Waals surface area contributed by atoms with E-state index < -0.39 is 33.1 Å². The third-order valence-electron chi connectivity index (χ3n) is 8.83. The van der Waals surface area contributed by atoms with E-state index in [1.165, 1.54) is 17.5 Å². The van der Waals surface area contributed by atoms with Gasteiger partial charge in [-0.05, 0) is 81.6 Å². The molecule has 0 amide bonds. The molecule has 2 aromatic heterocycles. The first-order chi connectivity index (χ1) is 26.1. The average Bonchev–Trinajstić information content (AvgIpc) is 3.47. The third kappa shape index (κ3) is 10.1. The van der Waals surface area contributed by atoms with Gasteiger partial charge in [-0.3, -0.25) is 4.68 Å². The zero-order valence-electron chi connectivity index (χ0n) is 31.9. The minimum Gasteiger partial charge on any atom is -0.497 e. The van der Waals surface area contributed by atoms with Crippen molar-refractivity contribution in [3.63, 3.8) is 0 Å². The van der Waals surface area contributed by atoms with Crippen LogP contribution in [0.25, 0.3) is 11.2 Å². The Morgan fingerprint density at radius 1 is 0.907 bits per heavy atom. The number of hydrogen-bond donors (Lipinski definition) is 0. The Balaban J connectivity index is 0.000000310. The molecule has 54 heavy (non-hydrogen) atoms. The summed E-state index contributed by atoms with van der Waals surface area (Å²) >= 11 is 0. The molecule has 1 aliphatic rings. The van der Waals surface area contributed by atoms with Gasteiger partial charge >= 0.3 is 0 Å². The van der Waals surface area contributed by atoms with Crippen molar-refractivity contribution in [3.8, 4) is 23.3 Å². The maximum Gasteiger partial charge on any atom is 0.259 e. The van der Waals surface area contributed by atoms with Crippen LogP contribution < -0.4 is 14.2 Å². The molecule has 0 radical (unpaired) electrons. The maximum atomic E-state index is 16.3. The summed E-state index contributed by atoms with van der Waals surface area (Å²) in [5, 5.41) is 9.05. The molecule has 0 saturated carbocycles. The van der Waals surface area contributed by atoms with Crippen LogP contribution in [-0.4, -0.2) is 81.9 Å². The van der Waals surface area contributed by atoms with Crippen molar-refractivity contribution in [2.24, 2.45) is 7.05 Å². The number of fused-ring (bicyclic) bond motifs is 1. The lowest BCUT2D eigenvalue weighted by Gasteiger charge is -2.37. The van der Waals surface area contributed by atoms with E-state index in [9.17, 15) is 0 Å². The number of halogens is 1. The van der Waals surface area contributed by atoms with Crippen LogP contribution in [0.5, 0.6) is 17.2 Å². The van der Waals surface area contributed by atoms with Gasteiger partial charge in [0.1, 0.15) is 47.9 Å². The summed E-state index contributed by atoms with van der Waals surface area (Å²) < 4.78 is 56.9. The van der Waals surface area contributed by atoms with Crippen molar-refractivity contribution in [2.75, 3.05) is 27.4 Å². The first kappa shape index (κ1) is 40.6. The van der Waals surface area contributed by atoms with Crippen LogP contribution in [0.4, 0.5) is 4.39 Å². The van der Waals surface area contributed by atoms with E-state index >= 15 is 4.39 Å². The summed E-state index contributed by atoms with van der Waals surface area (Å²) in [7, 11) is 3.38. The summed E-state index contributed by atoms with van der Waals surface area (Å²) in [4.78, 5) is 8.35. The topological polar surface area (TPSA) is 118 Å². The molecule has 0 N–H and O–H groups in total. The van der Waals surface area contributed by atoms with E-state index in [1.807, 2.05) is 45.9 Å². The van der Waals surface area contributed by atoms with Gasteiger partial charge in [0.25, 0.3) is 8.53 Å². The lowest BCUT2D eigenvalue weighted by molar-refractivity contribution is -0.0509. The van der Waals surface area contributed by atoms with Gasteiger partial charge in [-0.2, -0.15) is 5.26 Å². The van der Waals surface area contributed by atoms with Gasteiger partial charge in [0, 0.05) is 19.1 Å². The quantitative estimate of drug-likeness (QED) is 0.0723. The van der Waals surface area contributed by atoms with Crippen molar-refractivity contribution in [2.45, 2.75) is 77.2 Å². The first-order valence-electron chi connectivity index (χ1n) is 18.0. The molecule has 288 valence electrons. The molecule has 0 bridgehead atoms. The van der Waals surface area contributed by atoms with Gasteiger partial charge in [0.2, 0.25) is 0 Å². The van der Waals surface area contributed by atoms with Crippen molar-refractivity contribution in [1.29, 1.82) is 5.26 Å². The zero-order chi connectivity index (χ0) is 38.6. The summed E-state index contributed by atoms with van der Waals surface area (Å²) in [6.45, 7) is 8.35. The number of benzene rings is 3. The lowest BCUT2D eigenvalue weighted by Crippen LogP contribution is -2.39. The predicted octanol–water partition coefficient (Wildman–Crippen LogP) is 8.04. The molecule has 3 aromatic carbocycles. The molecule has 0 aliphatic carbocycles. The monoisotopic (exact) mass is 760 g/mol. The smallest absolute Gasteiger partial charge is 0.259 e. The molecule has 5 aromatic rings. The molecule has 1 aliphatic heterocycles. The van der Waals surface area contributed by atoms with Crippen LogP contribution in [0.1, 0.15) is 51.5 Å². The van der Waals surface area contributed by atoms with E-state index in [4.69, 9.17) is 33.3 Å². The number of methoxy groups -OCH3 is 2. The molecule has 5 atom stereocenters. The highest BCUT2D eigenvalue weighted by Crippen LogP contribution is 2.51. The lowest BCUT2D eigenvalue weighted by atomic mass is 10.1. The average molecular weight is 761 g/mol. The Labute approximate surface area is 318 Å². The van der Waals surface area contributed by atoms with Crippen molar-refractivity contribution in [3.05, 3.63) is 103 Å². The molecule has 6 rings (SSSR count). The molecular formula is C40H50FN6O6P. The normalized spacial score (nSPS) is 18.8. The molecule has 1 fully saturated rings. The van der Waals surface area contributed by atoms with Crippen LogP contribution in [0.15, 0.2) is 91.4 Å². The fourth-order valence-electron chi connectivity index (χ4n) is 6.20. The van der Waals surface area contributed by atoms with Gasteiger partial charge in [0.05, 0.1) is 39.5 Å². The van der Waals surface area contributed by atoms with Gasteiger partial charge in [-0.15, -0.1) is 0 Å². The molecular weight excluding hydrogens is 710 g/mol. The number of hydrogen-bond acceptors (Lipinski definition) is 10. The molecule has 14 heteroatoms. The number of nitriles is 1. The maximum absolute atomic E-state index is 16.3. The van der Waals surface area contributed by atoms with E-state index in [1.54, 1.807) is 61.1 Å². The van der Waals surface area contributed by atoms with Crippen molar-refractivity contribution in [1.82, 2.24) is 24.0 Å². The van der Waals surface area contributed by atoms with Gasteiger partial charge in [0.15, 0.2) is 18.0 Å². The number of aryl methyl sites for hydroxylation is 1. The van der Waals surface area contributed by atoms with Crippen LogP contribution in [0.3, 0.4) is 0 Å². The fourth-order valence-corrected chi connectivity index (χ4v) is 7.97. The van der Waals surface area contributed by atoms with Crippen molar-refractivity contribution >= 4 is 19.7 Å². The largest absolute Gasteiger partial charge is 0.497 e. The standard InChI is InChI=1S/C26H36FN6O5P.C14H14O/c1-17(2)33(18(3)4)39(36-13-7-12-28)38-24-22(15-35-20-10-8-19(34-6)9-11-20)37-26(23(24)27)32-25-21(31(32)5)14-29-16-30-25;1-15-14-9-7-13(8-10-14)11-12-5-3-2-4-6-12/h8-11,14,16-18,22-24,26H,7,13,15H2,1-6H3;2-10H,11H2,1H3/t22-,23-,24-,26-,39?;/m1./s1. The minimum absolute atomic E-state index is 0.0484. The Kier molecular flexibility index (Phi) is 14.8. The highest BCUT2D eigenvalue weighted by molar-refractivity contribution is 7.44. The summed E-state index contributed by atoms with van der Waals surface area (Å²) in [6.07, 6.45) is -0.0213. The van der Waals surface area contributed by atoms with Gasteiger partial charge in [-0.25, -0.2) is 23.7 Å². The second-order valence-corrected chi connectivity index (χ2v) is 14.6. The molecule has 0 spiro atoms. The highest BCUT2D eigenvalue weighted by Gasteiger charge is 2.51. The van der Waals surface area contributed by atoms with E-state index in [0.717, 1.165) is 17.7 Å². The van der Waals surface area contributed by atoms with Gasteiger partial charge in [-0.1, -0.05) is 42.5 Å². The van der Waals surface area contributed by atoms with Crippen LogP contribution in [0, 0.1) is 11.3 Å². The fraction of sp³-hybridized carbons (Fsp3) is 0.425. The van der Waals surface area contributed by atoms with Crippen LogP contribution in [0.2, 0.25) is 0 Å². The van der Waals surface area contributed by atoms with E-state index in [-0.39, 0.29) is 31.7 Å². The molecule has 12 nitrogen and oxygen atoms in total. The zero-order valence-corrected chi connectivity index (χ0v) is 32.8. The number of nitrogens with zero attached hydrogens (tertiary/aromatic N) is 6. The Bertz CT molecular complexity index is 1890. The molecule has 3 heterocycles. The van der Waals surface area contributed by atoms with Crippen LogP contribution in [-0.2, 0) is 27.3 Å². The Morgan fingerprint density at radius 2 is 1.52 bits per heavy atom. The van der Waals surface area contributed by atoms with E-state index in [2.05, 4.69) is 57.1 Å². The first-order valence-corrected chi connectivity index (χ1v) is 19.1. The Hall–Kier alpha value is -4.57. The Morgan fingerprint density at radius 3 is 2.13 bits per heavy atom. The number of ether oxygens (including phenoxy) is 4. The summed E-state index contributed by atoms with van der Waals surface area (Å²) in [5.41, 5.74) is 4.00. The number of alkyl halides is 1. The minimum atomic E-state index is -1.71. The summed E-state index contributed by atoms with van der Waals surface area (Å²) in [5.74, 6) is 2.20.